The van der Waals surface area contributed by atoms with Crippen molar-refractivity contribution < 1.29 is 9.47 Å². The highest BCUT2D eigenvalue weighted by molar-refractivity contribution is 5.66. The third-order valence-corrected chi connectivity index (χ3v) is 5.00. The first-order valence-corrected chi connectivity index (χ1v) is 9.52. The number of ether oxygens (including phenoxy) is 2. The topological polar surface area (TPSA) is 67.8 Å². The first-order chi connectivity index (χ1) is 14.2. The fourth-order valence-corrected chi connectivity index (χ4v) is 3.41. The number of nitrogens with one attached hydrogen (secondary N) is 2. The highest BCUT2D eigenvalue weighted by atomic mass is 16.5. The van der Waals surface area contributed by atoms with Crippen molar-refractivity contribution in [2.75, 3.05) is 20.9 Å². The van der Waals surface area contributed by atoms with E-state index in [2.05, 4.69) is 63.9 Å². The Morgan fingerprint density at radius 3 is 2.59 bits per heavy atom. The molecular formula is C23H24N4O2. The molecule has 2 heterocycles. The van der Waals surface area contributed by atoms with Crippen molar-refractivity contribution in [1.82, 2.24) is 15.6 Å². The van der Waals surface area contributed by atoms with Crippen molar-refractivity contribution >= 4 is 5.82 Å². The van der Waals surface area contributed by atoms with Gasteiger partial charge in [0.1, 0.15) is 12.5 Å². The predicted molar refractivity (Wildman–Crippen MR) is 113 cm³/mol. The second kappa shape index (κ2) is 8.22. The lowest BCUT2D eigenvalue weighted by atomic mass is 10.1. The molecule has 1 atom stereocenters. The lowest BCUT2D eigenvalue weighted by Crippen LogP contribution is -2.43. The minimum atomic E-state index is 0.163. The van der Waals surface area contributed by atoms with Crippen LogP contribution in [0.25, 0.3) is 16.9 Å². The van der Waals surface area contributed by atoms with Gasteiger partial charge in [0, 0.05) is 23.0 Å². The normalized spacial score (nSPS) is 13.6. The summed E-state index contributed by atoms with van der Waals surface area (Å²) in [6.45, 7) is 2.70. The van der Waals surface area contributed by atoms with Crippen molar-refractivity contribution in [3.63, 3.8) is 0 Å². The molecule has 6 heteroatoms. The second-order valence-corrected chi connectivity index (χ2v) is 6.81. The zero-order valence-corrected chi connectivity index (χ0v) is 16.8. The Kier molecular flexibility index (Phi) is 5.33. The molecular weight excluding hydrogens is 364 g/mol. The van der Waals surface area contributed by atoms with Gasteiger partial charge in [-0.25, -0.2) is 4.98 Å². The van der Waals surface area contributed by atoms with Crippen LogP contribution < -0.4 is 30.7 Å². The van der Waals surface area contributed by atoms with Crippen LogP contribution in [0.2, 0.25) is 0 Å². The van der Waals surface area contributed by atoms with Gasteiger partial charge in [-0.1, -0.05) is 36.4 Å². The number of hydrogen-bond acceptors (Lipinski definition) is 6. The van der Waals surface area contributed by atoms with E-state index in [1.807, 2.05) is 18.2 Å². The van der Waals surface area contributed by atoms with Crippen LogP contribution in [-0.2, 0) is 0 Å². The van der Waals surface area contributed by atoms with E-state index < -0.39 is 0 Å². The number of aromatic nitrogens is 1. The maximum absolute atomic E-state index is 5.40. The lowest BCUT2D eigenvalue weighted by molar-refractivity contribution is 0.343. The van der Waals surface area contributed by atoms with Crippen LogP contribution in [0.5, 0.6) is 11.6 Å². The molecule has 2 N–H and O–H groups in total. The van der Waals surface area contributed by atoms with Crippen LogP contribution in [0.4, 0.5) is 0 Å². The largest absolute Gasteiger partial charge is 0.491 e. The highest BCUT2D eigenvalue weighted by Gasteiger charge is 2.12. The lowest BCUT2D eigenvalue weighted by Gasteiger charge is -2.21. The number of rotatable bonds is 6. The number of pyridine rings is 1. The minimum absolute atomic E-state index is 0.163. The second-order valence-electron chi connectivity index (χ2n) is 6.81. The van der Waals surface area contributed by atoms with Crippen molar-refractivity contribution in [2.24, 2.45) is 4.99 Å². The smallest absolute Gasteiger partial charge is 0.256 e. The molecule has 4 rings (SSSR count). The van der Waals surface area contributed by atoms with Crippen LogP contribution >= 0.6 is 0 Å². The molecule has 1 unspecified atom stereocenters. The highest BCUT2D eigenvalue weighted by Crippen LogP contribution is 2.29. The van der Waals surface area contributed by atoms with Gasteiger partial charge in [-0.3, -0.25) is 4.99 Å². The molecule has 1 aliphatic rings. The number of hydrogen-bond donors (Lipinski definition) is 2. The summed E-state index contributed by atoms with van der Waals surface area (Å²) < 4.78 is 10.6. The summed E-state index contributed by atoms with van der Waals surface area (Å²) in [5.74, 6) is 2.05. The molecule has 3 aromatic rings. The van der Waals surface area contributed by atoms with E-state index in [9.17, 15) is 0 Å². The van der Waals surface area contributed by atoms with Crippen molar-refractivity contribution in [3.8, 4) is 22.8 Å². The third kappa shape index (κ3) is 3.87. The molecule has 0 radical (unpaired) electrons. The Morgan fingerprint density at radius 2 is 1.83 bits per heavy atom. The standard InChI is InChI=1S/C23H24N4O2/c1-15(16-7-5-4-6-8-16)27-22-19-11-17(9-10-20(19)25-14-26-22)18-12-21(28-2)23(29-3)24-13-18/h4-13,15,26-27H,14H2,1-3H3. The number of methoxy groups -OCH3 is 2. The summed E-state index contributed by atoms with van der Waals surface area (Å²) >= 11 is 0. The molecule has 0 fully saturated rings. The van der Waals surface area contributed by atoms with Crippen LogP contribution in [0.3, 0.4) is 0 Å². The molecule has 0 saturated heterocycles. The number of benzene rings is 2. The molecule has 2 aromatic carbocycles. The summed E-state index contributed by atoms with van der Waals surface area (Å²) in [5, 5.41) is 8.97. The van der Waals surface area contributed by atoms with Crippen LogP contribution in [0, 0.1) is 0 Å². The average Bonchev–Trinajstić information content (AvgIpc) is 2.79. The number of nitrogens with zero attached hydrogens (tertiary/aromatic N) is 2. The van der Waals surface area contributed by atoms with Crippen LogP contribution in [-0.4, -0.2) is 25.9 Å². The van der Waals surface area contributed by atoms with Crippen molar-refractivity contribution in [3.05, 3.63) is 76.9 Å². The van der Waals surface area contributed by atoms with Gasteiger partial charge in [0.15, 0.2) is 5.75 Å². The first-order valence-electron chi connectivity index (χ1n) is 9.52. The fraction of sp³-hybridized carbons (Fsp3) is 0.217. The van der Waals surface area contributed by atoms with E-state index in [0.29, 0.717) is 18.3 Å². The van der Waals surface area contributed by atoms with E-state index in [0.717, 1.165) is 27.5 Å². The van der Waals surface area contributed by atoms with Crippen LogP contribution in [0.15, 0.2) is 65.8 Å². The van der Waals surface area contributed by atoms with Gasteiger partial charge in [-0.15, -0.1) is 0 Å². The maximum atomic E-state index is 5.40. The Labute approximate surface area is 169 Å². The number of fused-ring (bicyclic) bond motifs is 1. The van der Waals surface area contributed by atoms with Crippen molar-refractivity contribution in [1.29, 1.82) is 0 Å². The van der Waals surface area contributed by atoms with Gasteiger partial charge in [-0.05, 0) is 36.2 Å². The van der Waals surface area contributed by atoms with E-state index in [1.54, 1.807) is 20.4 Å². The Bertz CT molecular complexity index is 1130. The van der Waals surface area contributed by atoms with Gasteiger partial charge in [0.2, 0.25) is 0 Å². The summed E-state index contributed by atoms with van der Waals surface area (Å²) in [7, 11) is 3.19. The molecule has 148 valence electrons. The fourth-order valence-electron chi connectivity index (χ4n) is 3.41. The van der Waals surface area contributed by atoms with Gasteiger partial charge >= 0.3 is 0 Å². The molecule has 0 saturated carbocycles. The van der Waals surface area contributed by atoms with Gasteiger partial charge in [0.05, 0.1) is 19.6 Å². The SMILES string of the molecule is COc1cc(-c2ccc3c(c2)=C(NC(C)c2ccccc2)NCN=3)cnc1OC. The summed E-state index contributed by atoms with van der Waals surface area (Å²) in [6, 6.07) is 18.7. The summed E-state index contributed by atoms with van der Waals surface area (Å²) in [6.07, 6.45) is 1.79. The Balaban J connectivity index is 1.75. The molecule has 6 nitrogen and oxygen atoms in total. The van der Waals surface area contributed by atoms with Crippen molar-refractivity contribution in [2.45, 2.75) is 13.0 Å². The average molecular weight is 388 g/mol. The molecule has 0 amide bonds. The summed E-state index contributed by atoms with van der Waals surface area (Å²) in [5.41, 5.74) is 3.21. The minimum Gasteiger partial charge on any atom is -0.491 e. The zero-order chi connectivity index (χ0) is 20.2. The van der Waals surface area contributed by atoms with E-state index >= 15 is 0 Å². The zero-order valence-electron chi connectivity index (χ0n) is 16.8. The summed E-state index contributed by atoms with van der Waals surface area (Å²) in [4.78, 5) is 8.94. The quantitative estimate of drug-likeness (QED) is 0.679. The Hall–Kier alpha value is -3.54. The third-order valence-electron chi connectivity index (χ3n) is 5.00. The first kappa shape index (κ1) is 18.8. The van der Waals surface area contributed by atoms with Gasteiger partial charge < -0.3 is 20.1 Å². The Morgan fingerprint density at radius 1 is 1.00 bits per heavy atom. The molecule has 1 aliphatic heterocycles. The van der Waals surface area contributed by atoms with E-state index in [4.69, 9.17) is 9.47 Å². The van der Waals surface area contributed by atoms with Gasteiger partial charge in [0.25, 0.3) is 5.88 Å². The van der Waals surface area contributed by atoms with Crippen LogP contribution in [0.1, 0.15) is 18.5 Å². The molecule has 0 spiro atoms. The molecule has 0 aliphatic carbocycles. The predicted octanol–water partition coefficient (Wildman–Crippen LogP) is 2.36. The monoisotopic (exact) mass is 388 g/mol. The van der Waals surface area contributed by atoms with Gasteiger partial charge in [-0.2, -0.15) is 0 Å². The van der Waals surface area contributed by atoms with E-state index in [1.165, 1.54) is 5.56 Å². The molecule has 1 aromatic heterocycles. The molecule has 0 bridgehead atoms. The maximum Gasteiger partial charge on any atom is 0.256 e. The molecule has 29 heavy (non-hydrogen) atoms. The van der Waals surface area contributed by atoms with E-state index in [-0.39, 0.29) is 6.04 Å².